The van der Waals surface area contributed by atoms with Gasteiger partial charge in [0.15, 0.2) is 0 Å². The van der Waals surface area contributed by atoms with Crippen molar-refractivity contribution in [2.24, 2.45) is 11.8 Å². The highest BCUT2D eigenvalue weighted by Gasteiger charge is 2.34. The van der Waals surface area contributed by atoms with Gasteiger partial charge in [0.05, 0.1) is 6.61 Å². The van der Waals surface area contributed by atoms with Crippen LogP contribution in [0.15, 0.2) is 17.0 Å². The highest BCUT2D eigenvalue weighted by molar-refractivity contribution is 7.89. The molecule has 1 saturated heterocycles. The zero-order valence-corrected chi connectivity index (χ0v) is 17.3. The second-order valence-electron chi connectivity index (χ2n) is 7.37. The third kappa shape index (κ3) is 5.11. The molecule has 0 aliphatic carbocycles. The minimum atomic E-state index is -3.62. The number of benzene rings is 1. The first-order chi connectivity index (χ1) is 11.8. The summed E-state index contributed by atoms with van der Waals surface area (Å²) in [5.41, 5.74) is 0.825. The molecule has 1 aromatic rings. The smallest absolute Gasteiger partial charge is 0.246 e. The van der Waals surface area contributed by atoms with Crippen LogP contribution < -0.4 is 4.74 Å². The van der Waals surface area contributed by atoms with Crippen LogP contribution in [0.25, 0.3) is 0 Å². The van der Waals surface area contributed by atoms with E-state index >= 15 is 0 Å². The predicted molar refractivity (Wildman–Crippen MR) is 103 cm³/mol. The standard InChI is InChI=1S/C19H30ClNO3S/c1-5-6-7-8-24-18-10-16(4)17(20)11-19(18)25(22,23)21-12-14(2)9-15(3)13-21/h10-11,14-15H,5-9,12-13H2,1-4H3. The fourth-order valence-corrected chi connectivity index (χ4v) is 5.47. The van der Waals surface area contributed by atoms with Gasteiger partial charge in [-0.05, 0) is 49.3 Å². The summed E-state index contributed by atoms with van der Waals surface area (Å²) in [6.07, 6.45) is 4.13. The number of ether oxygens (including phenoxy) is 1. The summed E-state index contributed by atoms with van der Waals surface area (Å²) in [5.74, 6) is 1.13. The lowest BCUT2D eigenvalue weighted by atomic mass is 9.94. The molecule has 4 nitrogen and oxygen atoms in total. The Morgan fingerprint density at radius 3 is 2.44 bits per heavy atom. The average molecular weight is 388 g/mol. The third-order valence-electron chi connectivity index (χ3n) is 4.68. The van der Waals surface area contributed by atoms with E-state index < -0.39 is 10.0 Å². The number of hydrogen-bond donors (Lipinski definition) is 0. The van der Waals surface area contributed by atoms with Gasteiger partial charge in [-0.2, -0.15) is 4.31 Å². The fourth-order valence-electron chi connectivity index (χ4n) is 3.43. The van der Waals surface area contributed by atoms with Gasteiger partial charge < -0.3 is 4.74 Å². The van der Waals surface area contributed by atoms with Crippen molar-refractivity contribution in [2.75, 3.05) is 19.7 Å². The van der Waals surface area contributed by atoms with Crippen LogP contribution in [0.4, 0.5) is 0 Å². The second-order valence-corrected chi connectivity index (χ2v) is 9.69. The van der Waals surface area contributed by atoms with Crippen LogP contribution >= 0.6 is 11.6 Å². The molecule has 1 aliphatic heterocycles. The molecule has 0 aromatic heterocycles. The fraction of sp³-hybridized carbons (Fsp3) is 0.684. The Morgan fingerprint density at radius 2 is 1.84 bits per heavy atom. The Hall–Kier alpha value is -0.780. The van der Waals surface area contributed by atoms with Crippen molar-refractivity contribution in [3.63, 3.8) is 0 Å². The van der Waals surface area contributed by atoms with Crippen molar-refractivity contribution < 1.29 is 13.2 Å². The molecule has 1 aromatic carbocycles. The summed E-state index contributed by atoms with van der Waals surface area (Å²) in [5, 5.41) is 0.456. The van der Waals surface area contributed by atoms with Crippen LogP contribution in [0, 0.1) is 18.8 Å². The lowest BCUT2D eigenvalue weighted by Crippen LogP contribution is -2.42. The van der Waals surface area contributed by atoms with E-state index in [2.05, 4.69) is 20.8 Å². The van der Waals surface area contributed by atoms with Crippen molar-refractivity contribution in [3.8, 4) is 5.75 Å². The van der Waals surface area contributed by atoms with Crippen molar-refractivity contribution in [1.29, 1.82) is 0 Å². The Labute approximate surface area is 157 Å². The highest BCUT2D eigenvalue weighted by Crippen LogP contribution is 2.35. The number of unbranched alkanes of at least 4 members (excludes halogenated alkanes) is 2. The van der Waals surface area contributed by atoms with E-state index in [0.717, 1.165) is 31.2 Å². The normalized spacial score (nSPS) is 22.1. The Balaban J connectivity index is 2.33. The van der Waals surface area contributed by atoms with E-state index in [1.54, 1.807) is 16.4 Å². The molecule has 2 atom stereocenters. The SMILES string of the molecule is CCCCCOc1cc(C)c(Cl)cc1S(=O)(=O)N1CC(C)CC(C)C1. The summed E-state index contributed by atoms with van der Waals surface area (Å²) < 4.78 is 33.9. The summed E-state index contributed by atoms with van der Waals surface area (Å²) in [7, 11) is -3.62. The van der Waals surface area contributed by atoms with E-state index in [0.29, 0.717) is 42.3 Å². The summed E-state index contributed by atoms with van der Waals surface area (Å²) in [6.45, 7) is 9.81. The molecule has 0 saturated carbocycles. The zero-order valence-electron chi connectivity index (χ0n) is 15.7. The minimum Gasteiger partial charge on any atom is -0.492 e. The number of sulfonamides is 1. The Kier molecular flexibility index (Phi) is 7.18. The zero-order chi connectivity index (χ0) is 18.6. The number of aryl methyl sites for hydroxylation is 1. The van der Waals surface area contributed by atoms with Gasteiger partial charge in [-0.25, -0.2) is 8.42 Å². The average Bonchev–Trinajstić information content (AvgIpc) is 2.53. The van der Waals surface area contributed by atoms with Gasteiger partial charge in [0, 0.05) is 18.1 Å². The molecule has 1 fully saturated rings. The van der Waals surface area contributed by atoms with Gasteiger partial charge in [0.25, 0.3) is 0 Å². The monoisotopic (exact) mass is 387 g/mol. The summed E-state index contributed by atoms with van der Waals surface area (Å²) >= 11 is 6.23. The molecule has 0 bridgehead atoms. The molecule has 2 unspecified atom stereocenters. The summed E-state index contributed by atoms with van der Waals surface area (Å²) in [4.78, 5) is 0.195. The molecular weight excluding hydrogens is 358 g/mol. The summed E-state index contributed by atoms with van der Waals surface area (Å²) in [6, 6.07) is 3.29. The Bertz CT molecular complexity index is 680. The van der Waals surface area contributed by atoms with Crippen LogP contribution in [0.3, 0.4) is 0 Å². The van der Waals surface area contributed by atoms with E-state index in [9.17, 15) is 8.42 Å². The lowest BCUT2D eigenvalue weighted by Gasteiger charge is -2.34. The van der Waals surface area contributed by atoms with Gasteiger partial charge >= 0.3 is 0 Å². The molecule has 0 spiro atoms. The van der Waals surface area contributed by atoms with Crippen LogP contribution in [-0.4, -0.2) is 32.4 Å². The minimum absolute atomic E-state index is 0.195. The van der Waals surface area contributed by atoms with Crippen molar-refractivity contribution in [1.82, 2.24) is 4.31 Å². The van der Waals surface area contributed by atoms with Crippen LogP contribution in [0.1, 0.15) is 52.0 Å². The van der Waals surface area contributed by atoms with Gasteiger partial charge in [-0.1, -0.05) is 45.2 Å². The maximum Gasteiger partial charge on any atom is 0.246 e. The van der Waals surface area contributed by atoms with Crippen LogP contribution in [0.5, 0.6) is 5.75 Å². The molecule has 2 rings (SSSR count). The quantitative estimate of drug-likeness (QED) is 0.626. The predicted octanol–water partition coefficient (Wildman–Crippen LogP) is 4.88. The molecule has 0 amide bonds. The van der Waals surface area contributed by atoms with Crippen molar-refractivity contribution in [3.05, 3.63) is 22.7 Å². The first-order valence-electron chi connectivity index (χ1n) is 9.18. The van der Waals surface area contributed by atoms with E-state index in [4.69, 9.17) is 16.3 Å². The third-order valence-corrected chi connectivity index (χ3v) is 6.94. The van der Waals surface area contributed by atoms with Gasteiger partial charge in [-0.15, -0.1) is 0 Å². The van der Waals surface area contributed by atoms with E-state index in [-0.39, 0.29) is 4.90 Å². The molecule has 0 radical (unpaired) electrons. The maximum absolute atomic E-state index is 13.2. The number of rotatable bonds is 7. The van der Waals surface area contributed by atoms with Gasteiger partial charge in [0.1, 0.15) is 10.6 Å². The molecular formula is C19H30ClNO3S. The second kappa shape index (κ2) is 8.74. The van der Waals surface area contributed by atoms with Crippen molar-refractivity contribution in [2.45, 2.75) is 58.3 Å². The molecule has 25 heavy (non-hydrogen) atoms. The van der Waals surface area contributed by atoms with E-state index in [1.807, 2.05) is 6.92 Å². The first kappa shape index (κ1) is 20.5. The molecule has 0 N–H and O–H groups in total. The Morgan fingerprint density at radius 1 is 1.20 bits per heavy atom. The number of piperidine rings is 1. The molecule has 6 heteroatoms. The number of halogens is 1. The van der Waals surface area contributed by atoms with Crippen LogP contribution in [0.2, 0.25) is 5.02 Å². The lowest BCUT2D eigenvalue weighted by molar-refractivity contribution is 0.221. The first-order valence-corrected chi connectivity index (χ1v) is 11.0. The molecule has 1 aliphatic rings. The van der Waals surface area contributed by atoms with Gasteiger partial charge in [-0.3, -0.25) is 0 Å². The van der Waals surface area contributed by atoms with Crippen molar-refractivity contribution >= 4 is 21.6 Å². The topological polar surface area (TPSA) is 46.6 Å². The number of hydrogen-bond acceptors (Lipinski definition) is 3. The number of nitrogens with zero attached hydrogens (tertiary/aromatic N) is 1. The molecule has 1 heterocycles. The largest absolute Gasteiger partial charge is 0.492 e. The van der Waals surface area contributed by atoms with Crippen LogP contribution in [-0.2, 0) is 10.0 Å². The molecule has 142 valence electrons. The highest BCUT2D eigenvalue weighted by atomic mass is 35.5. The maximum atomic E-state index is 13.2. The van der Waals surface area contributed by atoms with Gasteiger partial charge in [0.2, 0.25) is 10.0 Å². The van der Waals surface area contributed by atoms with E-state index in [1.165, 1.54) is 0 Å².